The highest BCUT2D eigenvalue weighted by atomic mass is 32.1. The van der Waals surface area contributed by atoms with E-state index in [0.717, 1.165) is 17.0 Å². The Morgan fingerprint density at radius 3 is 2.34 bits per heavy atom. The van der Waals surface area contributed by atoms with Crippen molar-refractivity contribution in [2.75, 3.05) is 12.4 Å². The zero-order valence-electron chi connectivity index (χ0n) is 15.6. The Kier molecular flexibility index (Phi) is 5.22. The first-order valence-corrected chi connectivity index (χ1v) is 9.35. The van der Waals surface area contributed by atoms with Gasteiger partial charge in [-0.05, 0) is 72.9 Å². The van der Waals surface area contributed by atoms with Crippen molar-refractivity contribution in [3.8, 4) is 22.8 Å². The molecule has 144 valence electrons. The number of nitrogens with one attached hydrogen (secondary N) is 2. The van der Waals surface area contributed by atoms with Gasteiger partial charge < -0.3 is 10.1 Å². The summed E-state index contributed by atoms with van der Waals surface area (Å²) in [6.07, 6.45) is 0. The van der Waals surface area contributed by atoms with Crippen molar-refractivity contribution in [3.63, 3.8) is 0 Å². The van der Waals surface area contributed by atoms with Crippen LogP contribution < -0.4 is 10.1 Å². The van der Waals surface area contributed by atoms with Crippen LogP contribution in [0.15, 0.2) is 78.9 Å². The van der Waals surface area contributed by atoms with Gasteiger partial charge in [0.1, 0.15) is 5.75 Å². The summed E-state index contributed by atoms with van der Waals surface area (Å²) >= 11 is 5.41. The van der Waals surface area contributed by atoms with Gasteiger partial charge in [-0.15, -0.1) is 0 Å². The number of aromatic amines is 1. The Labute approximate surface area is 172 Å². The van der Waals surface area contributed by atoms with E-state index < -0.39 is 0 Å². The number of hydrogen-bond acceptors (Lipinski definition) is 4. The molecular weight excluding hydrogens is 384 g/mol. The molecule has 1 amide bonds. The number of carbonyl (C=O) groups excluding carboxylic acids is 1. The smallest absolute Gasteiger partial charge is 0.255 e. The van der Waals surface area contributed by atoms with Gasteiger partial charge in [0, 0.05) is 16.8 Å². The summed E-state index contributed by atoms with van der Waals surface area (Å²) in [5.74, 6) is 1.30. The number of hydrogen-bond donors (Lipinski definition) is 2. The Morgan fingerprint density at radius 2 is 1.69 bits per heavy atom. The van der Waals surface area contributed by atoms with Gasteiger partial charge in [-0.1, -0.05) is 18.2 Å². The summed E-state index contributed by atoms with van der Waals surface area (Å²) in [7, 11) is 1.63. The Balaban J connectivity index is 1.60. The maximum absolute atomic E-state index is 12.3. The summed E-state index contributed by atoms with van der Waals surface area (Å²) in [6, 6.07) is 24.1. The van der Waals surface area contributed by atoms with Gasteiger partial charge in [-0.3, -0.25) is 14.5 Å². The molecule has 0 atom stereocenters. The molecule has 0 aliphatic heterocycles. The summed E-state index contributed by atoms with van der Waals surface area (Å²) in [5.41, 5.74) is 3.05. The number of aromatic nitrogens is 3. The number of carbonyl (C=O) groups is 1. The minimum absolute atomic E-state index is 0.153. The quantitative estimate of drug-likeness (QED) is 0.468. The summed E-state index contributed by atoms with van der Waals surface area (Å²) < 4.78 is 7.56. The van der Waals surface area contributed by atoms with E-state index >= 15 is 0 Å². The number of ether oxygens (including phenoxy) is 1. The molecule has 0 saturated heterocycles. The van der Waals surface area contributed by atoms with Gasteiger partial charge >= 0.3 is 0 Å². The Morgan fingerprint density at radius 1 is 1.00 bits per heavy atom. The summed E-state index contributed by atoms with van der Waals surface area (Å²) in [5, 5.41) is 10.1. The molecule has 1 aromatic heterocycles. The first-order valence-electron chi connectivity index (χ1n) is 8.94. The van der Waals surface area contributed by atoms with Gasteiger partial charge in [0.15, 0.2) is 10.6 Å². The van der Waals surface area contributed by atoms with Crippen molar-refractivity contribution in [2.24, 2.45) is 0 Å². The van der Waals surface area contributed by atoms with Crippen LogP contribution in [0, 0.1) is 4.77 Å². The third kappa shape index (κ3) is 3.95. The molecule has 7 heteroatoms. The lowest BCUT2D eigenvalue weighted by atomic mass is 10.1. The normalized spacial score (nSPS) is 10.5. The molecule has 29 heavy (non-hydrogen) atoms. The van der Waals surface area contributed by atoms with E-state index in [4.69, 9.17) is 17.0 Å². The lowest BCUT2D eigenvalue weighted by molar-refractivity contribution is 0.102. The fraction of sp³-hybridized carbons (Fsp3) is 0.0455. The average molecular weight is 402 g/mol. The topological polar surface area (TPSA) is 71.9 Å². The van der Waals surface area contributed by atoms with Crippen molar-refractivity contribution < 1.29 is 9.53 Å². The molecule has 6 nitrogen and oxygen atoms in total. The second-order valence-corrected chi connectivity index (χ2v) is 6.67. The fourth-order valence-electron chi connectivity index (χ4n) is 2.96. The van der Waals surface area contributed by atoms with Crippen molar-refractivity contribution in [3.05, 3.63) is 89.2 Å². The molecule has 3 aromatic carbocycles. The number of anilines is 1. The molecule has 0 spiro atoms. The van der Waals surface area contributed by atoms with E-state index in [1.54, 1.807) is 19.2 Å². The maximum Gasteiger partial charge on any atom is 0.255 e. The van der Waals surface area contributed by atoms with Gasteiger partial charge in [0.2, 0.25) is 0 Å². The lowest BCUT2D eigenvalue weighted by Gasteiger charge is -2.09. The SMILES string of the molecule is COc1ccc(-n2c(-c3ccc(NC(=O)c4ccccc4)cc3)n[nH]c2=S)cc1. The molecule has 4 rings (SSSR count). The number of methoxy groups -OCH3 is 1. The highest BCUT2D eigenvalue weighted by molar-refractivity contribution is 7.71. The average Bonchev–Trinajstić information content (AvgIpc) is 3.16. The van der Waals surface area contributed by atoms with Crippen LogP contribution in [0.2, 0.25) is 0 Å². The van der Waals surface area contributed by atoms with E-state index in [0.29, 0.717) is 21.8 Å². The minimum atomic E-state index is -0.153. The Hall–Kier alpha value is -3.71. The molecular formula is C22H18N4O2S. The largest absolute Gasteiger partial charge is 0.497 e. The molecule has 0 saturated carbocycles. The van der Waals surface area contributed by atoms with Crippen LogP contribution in [0.3, 0.4) is 0 Å². The van der Waals surface area contributed by atoms with Crippen molar-refractivity contribution >= 4 is 23.8 Å². The van der Waals surface area contributed by atoms with Crippen LogP contribution in [-0.4, -0.2) is 27.8 Å². The number of amides is 1. The molecule has 0 fully saturated rings. The van der Waals surface area contributed by atoms with Crippen molar-refractivity contribution in [2.45, 2.75) is 0 Å². The van der Waals surface area contributed by atoms with Gasteiger partial charge in [-0.2, -0.15) is 5.10 Å². The van der Waals surface area contributed by atoms with E-state index in [-0.39, 0.29) is 5.91 Å². The number of rotatable bonds is 5. The fourth-order valence-corrected chi connectivity index (χ4v) is 3.19. The molecule has 0 bridgehead atoms. The van der Waals surface area contributed by atoms with Gasteiger partial charge in [0.25, 0.3) is 5.91 Å². The zero-order valence-corrected chi connectivity index (χ0v) is 16.4. The number of nitrogens with zero attached hydrogens (tertiary/aromatic N) is 2. The molecule has 0 aliphatic rings. The maximum atomic E-state index is 12.3. The molecule has 1 heterocycles. The molecule has 0 aliphatic carbocycles. The van der Waals surface area contributed by atoms with E-state index in [1.165, 1.54) is 0 Å². The highest BCUT2D eigenvalue weighted by Gasteiger charge is 2.12. The van der Waals surface area contributed by atoms with Crippen LogP contribution in [0.1, 0.15) is 10.4 Å². The van der Waals surface area contributed by atoms with Crippen LogP contribution in [0.4, 0.5) is 5.69 Å². The minimum Gasteiger partial charge on any atom is -0.497 e. The van der Waals surface area contributed by atoms with E-state index in [9.17, 15) is 4.79 Å². The first-order chi connectivity index (χ1) is 14.2. The van der Waals surface area contributed by atoms with Crippen molar-refractivity contribution in [1.82, 2.24) is 14.8 Å². The molecule has 0 unspecified atom stereocenters. The third-order valence-electron chi connectivity index (χ3n) is 4.44. The molecule has 0 radical (unpaired) electrons. The highest BCUT2D eigenvalue weighted by Crippen LogP contribution is 2.24. The van der Waals surface area contributed by atoms with E-state index in [2.05, 4.69) is 15.5 Å². The van der Waals surface area contributed by atoms with Crippen LogP contribution >= 0.6 is 12.2 Å². The summed E-state index contributed by atoms with van der Waals surface area (Å²) in [4.78, 5) is 12.3. The van der Waals surface area contributed by atoms with Gasteiger partial charge in [-0.25, -0.2) is 0 Å². The van der Waals surface area contributed by atoms with Crippen molar-refractivity contribution in [1.29, 1.82) is 0 Å². The zero-order chi connectivity index (χ0) is 20.2. The lowest BCUT2D eigenvalue weighted by Crippen LogP contribution is -2.11. The predicted octanol–water partition coefficient (Wildman–Crippen LogP) is 4.86. The van der Waals surface area contributed by atoms with Crippen LogP contribution in [0.5, 0.6) is 5.75 Å². The van der Waals surface area contributed by atoms with Crippen LogP contribution in [-0.2, 0) is 0 Å². The Bertz CT molecular complexity index is 1180. The third-order valence-corrected chi connectivity index (χ3v) is 4.71. The predicted molar refractivity (Wildman–Crippen MR) is 115 cm³/mol. The molecule has 2 N–H and O–H groups in total. The standard InChI is InChI=1S/C22H18N4O2S/c1-28-19-13-11-18(12-14-19)26-20(24-25-22(26)29)15-7-9-17(10-8-15)23-21(27)16-5-3-2-4-6-16/h2-14H,1H3,(H,23,27)(H,25,29). The second-order valence-electron chi connectivity index (χ2n) is 6.28. The number of benzene rings is 3. The van der Waals surface area contributed by atoms with E-state index in [1.807, 2.05) is 71.3 Å². The number of H-pyrrole nitrogens is 1. The first kappa shape index (κ1) is 18.6. The summed E-state index contributed by atoms with van der Waals surface area (Å²) in [6.45, 7) is 0. The monoisotopic (exact) mass is 402 g/mol. The van der Waals surface area contributed by atoms with Crippen LogP contribution in [0.25, 0.3) is 17.1 Å². The second kappa shape index (κ2) is 8.12. The van der Waals surface area contributed by atoms with Gasteiger partial charge in [0.05, 0.1) is 12.8 Å². The molecule has 4 aromatic rings.